The van der Waals surface area contributed by atoms with Crippen LogP contribution in [0.15, 0.2) is 36.8 Å². The van der Waals surface area contributed by atoms with Gasteiger partial charge in [0, 0.05) is 17.3 Å². The quantitative estimate of drug-likeness (QED) is 0.824. The summed E-state index contributed by atoms with van der Waals surface area (Å²) in [4.78, 5) is 18.8. The molecule has 0 spiro atoms. The predicted molar refractivity (Wildman–Crippen MR) is 63.0 cm³/mol. The number of pyridine rings is 1. The summed E-state index contributed by atoms with van der Waals surface area (Å²) in [5, 5.41) is 3.70. The molecule has 4 heteroatoms. The molecule has 0 aliphatic rings. The van der Waals surface area contributed by atoms with Crippen molar-refractivity contribution in [3.8, 4) is 0 Å². The number of nitrogens with zero attached hydrogens (tertiary/aromatic N) is 1. The number of fused-ring (bicyclic) bond motifs is 1. The number of carbonyl (C=O) groups is 1. The van der Waals surface area contributed by atoms with Gasteiger partial charge >= 0.3 is 0 Å². The van der Waals surface area contributed by atoms with Crippen molar-refractivity contribution in [2.45, 2.75) is 13.3 Å². The molecule has 16 heavy (non-hydrogen) atoms. The third kappa shape index (κ3) is 1.95. The van der Waals surface area contributed by atoms with Crippen LogP contribution in [0.25, 0.3) is 10.9 Å². The Morgan fingerprint density at radius 1 is 1.62 bits per heavy atom. The van der Waals surface area contributed by atoms with Gasteiger partial charge in [0.15, 0.2) is 0 Å². The third-order valence-corrected chi connectivity index (χ3v) is 2.39. The minimum absolute atomic E-state index is 0.164. The molecular weight excluding hydrogens is 202 g/mol. The summed E-state index contributed by atoms with van der Waals surface area (Å²) >= 11 is 0. The molecule has 0 bridgehead atoms. The average molecular weight is 215 g/mol. The van der Waals surface area contributed by atoms with Gasteiger partial charge in [-0.3, -0.25) is 9.78 Å². The molecule has 0 unspecified atom stereocenters. The molecule has 0 saturated carbocycles. The van der Waals surface area contributed by atoms with Crippen molar-refractivity contribution in [2.24, 2.45) is 0 Å². The van der Waals surface area contributed by atoms with Gasteiger partial charge in [0.25, 0.3) is 5.91 Å². The second-order valence-electron chi connectivity index (χ2n) is 3.56. The number of H-pyrrole nitrogens is 1. The molecule has 2 aromatic heterocycles. The standard InChI is InChI=1S/C12H13N3O/c1-3-8(2)14-12(16)10-6-9-4-5-13-7-11(9)15-10/h4-7,15H,2-3H2,1H3,(H,14,16). The summed E-state index contributed by atoms with van der Waals surface area (Å²) in [6.45, 7) is 5.68. The zero-order valence-corrected chi connectivity index (χ0v) is 9.08. The Bertz CT molecular complexity index is 509. The largest absolute Gasteiger partial charge is 0.349 e. The summed E-state index contributed by atoms with van der Waals surface area (Å²) in [7, 11) is 0. The molecule has 0 atom stereocenters. The Balaban J connectivity index is 2.26. The molecular formula is C12H13N3O. The smallest absolute Gasteiger partial charge is 0.271 e. The van der Waals surface area contributed by atoms with E-state index in [2.05, 4.69) is 21.9 Å². The number of carbonyl (C=O) groups excluding carboxylic acids is 1. The van der Waals surface area contributed by atoms with Crippen molar-refractivity contribution in [1.82, 2.24) is 15.3 Å². The van der Waals surface area contributed by atoms with Crippen LogP contribution in [0.1, 0.15) is 23.8 Å². The number of aromatic amines is 1. The molecule has 0 radical (unpaired) electrons. The van der Waals surface area contributed by atoms with Crippen molar-refractivity contribution >= 4 is 16.8 Å². The first kappa shape index (κ1) is 10.4. The van der Waals surface area contributed by atoms with Gasteiger partial charge in [-0.05, 0) is 18.6 Å². The molecule has 0 aromatic carbocycles. The van der Waals surface area contributed by atoms with E-state index >= 15 is 0 Å². The third-order valence-electron chi connectivity index (χ3n) is 2.39. The van der Waals surface area contributed by atoms with E-state index in [0.29, 0.717) is 11.4 Å². The van der Waals surface area contributed by atoms with E-state index in [1.54, 1.807) is 18.5 Å². The first-order valence-electron chi connectivity index (χ1n) is 5.12. The van der Waals surface area contributed by atoms with Crippen LogP contribution in [0, 0.1) is 0 Å². The molecule has 2 aromatic rings. The normalized spacial score (nSPS) is 10.3. The molecule has 2 N–H and O–H groups in total. The Hall–Kier alpha value is -2.10. The highest BCUT2D eigenvalue weighted by atomic mass is 16.1. The predicted octanol–water partition coefficient (Wildman–Crippen LogP) is 2.22. The first-order chi connectivity index (χ1) is 7.70. The van der Waals surface area contributed by atoms with E-state index < -0.39 is 0 Å². The molecule has 4 nitrogen and oxygen atoms in total. The van der Waals surface area contributed by atoms with Gasteiger partial charge in [0.05, 0.1) is 11.7 Å². The molecule has 82 valence electrons. The number of aromatic nitrogens is 2. The maximum Gasteiger partial charge on any atom is 0.271 e. The minimum atomic E-state index is -0.164. The van der Waals surface area contributed by atoms with Gasteiger partial charge in [0.2, 0.25) is 0 Å². The van der Waals surface area contributed by atoms with Gasteiger partial charge in [-0.1, -0.05) is 13.5 Å². The number of amides is 1. The van der Waals surface area contributed by atoms with Crippen LogP contribution in [0.5, 0.6) is 0 Å². The number of allylic oxidation sites excluding steroid dienone is 1. The number of hydrogen-bond acceptors (Lipinski definition) is 2. The fourth-order valence-corrected chi connectivity index (χ4v) is 1.41. The lowest BCUT2D eigenvalue weighted by atomic mass is 10.3. The summed E-state index contributed by atoms with van der Waals surface area (Å²) < 4.78 is 0. The molecule has 0 fully saturated rings. The van der Waals surface area contributed by atoms with E-state index in [1.165, 1.54) is 0 Å². The second-order valence-corrected chi connectivity index (χ2v) is 3.56. The molecule has 0 aliphatic heterocycles. The second kappa shape index (κ2) is 4.18. The van der Waals surface area contributed by atoms with Gasteiger partial charge < -0.3 is 10.3 Å². The van der Waals surface area contributed by atoms with Crippen LogP contribution in [0.3, 0.4) is 0 Å². The summed E-state index contributed by atoms with van der Waals surface area (Å²) in [6, 6.07) is 3.66. The average Bonchev–Trinajstić information content (AvgIpc) is 2.72. The highest BCUT2D eigenvalue weighted by Gasteiger charge is 2.09. The Labute approximate surface area is 93.4 Å². The van der Waals surface area contributed by atoms with Crippen molar-refractivity contribution < 1.29 is 4.79 Å². The number of nitrogens with one attached hydrogen (secondary N) is 2. The van der Waals surface area contributed by atoms with E-state index in [1.807, 2.05) is 13.0 Å². The van der Waals surface area contributed by atoms with Crippen molar-refractivity contribution in [2.75, 3.05) is 0 Å². The number of hydrogen-bond donors (Lipinski definition) is 2. The van der Waals surface area contributed by atoms with E-state index in [0.717, 1.165) is 17.3 Å². The Morgan fingerprint density at radius 2 is 2.44 bits per heavy atom. The molecule has 0 saturated heterocycles. The lowest BCUT2D eigenvalue weighted by molar-refractivity contribution is 0.0961. The van der Waals surface area contributed by atoms with Crippen molar-refractivity contribution in [3.63, 3.8) is 0 Å². The SMILES string of the molecule is C=C(CC)NC(=O)c1cc2ccncc2[nH]1. The van der Waals surface area contributed by atoms with Crippen LogP contribution < -0.4 is 5.32 Å². The Morgan fingerprint density at radius 3 is 3.12 bits per heavy atom. The fourth-order valence-electron chi connectivity index (χ4n) is 1.41. The lowest BCUT2D eigenvalue weighted by Gasteiger charge is -2.03. The van der Waals surface area contributed by atoms with E-state index in [-0.39, 0.29) is 5.91 Å². The van der Waals surface area contributed by atoms with Crippen molar-refractivity contribution in [3.05, 3.63) is 42.5 Å². The topological polar surface area (TPSA) is 57.8 Å². The molecule has 1 amide bonds. The van der Waals surface area contributed by atoms with Crippen molar-refractivity contribution in [1.29, 1.82) is 0 Å². The first-order valence-corrected chi connectivity index (χ1v) is 5.12. The summed E-state index contributed by atoms with van der Waals surface area (Å²) in [6.07, 6.45) is 4.12. The highest BCUT2D eigenvalue weighted by Crippen LogP contribution is 2.13. The molecule has 0 aliphatic carbocycles. The van der Waals surface area contributed by atoms with Gasteiger partial charge in [0.1, 0.15) is 5.69 Å². The van der Waals surface area contributed by atoms with E-state index in [9.17, 15) is 4.79 Å². The molecule has 2 heterocycles. The minimum Gasteiger partial charge on any atom is -0.349 e. The monoisotopic (exact) mass is 215 g/mol. The van der Waals surface area contributed by atoms with E-state index in [4.69, 9.17) is 0 Å². The van der Waals surface area contributed by atoms with Crippen LogP contribution >= 0.6 is 0 Å². The van der Waals surface area contributed by atoms with Crippen LogP contribution in [-0.4, -0.2) is 15.9 Å². The summed E-state index contributed by atoms with van der Waals surface area (Å²) in [5.74, 6) is -0.164. The maximum atomic E-state index is 11.8. The lowest BCUT2D eigenvalue weighted by Crippen LogP contribution is -2.21. The maximum absolute atomic E-state index is 11.8. The molecule has 2 rings (SSSR count). The Kier molecular flexibility index (Phi) is 2.72. The van der Waals surface area contributed by atoms with Crippen LogP contribution in [0.2, 0.25) is 0 Å². The number of rotatable bonds is 3. The van der Waals surface area contributed by atoms with Gasteiger partial charge in [-0.15, -0.1) is 0 Å². The van der Waals surface area contributed by atoms with Gasteiger partial charge in [-0.25, -0.2) is 0 Å². The summed E-state index contributed by atoms with van der Waals surface area (Å²) in [5.41, 5.74) is 2.09. The zero-order chi connectivity index (χ0) is 11.5. The van der Waals surface area contributed by atoms with Gasteiger partial charge in [-0.2, -0.15) is 0 Å². The fraction of sp³-hybridized carbons (Fsp3) is 0.167. The van der Waals surface area contributed by atoms with Crippen LogP contribution in [-0.2, 0) is 0 Å². The van der Waals surface area contributed by atoms with Crippen LogP contribution in [0.4, 0.5) is 0 Å². The zero-order valence-electron chi connectivity index (χ0n) is 9.08. The highest BCUT2D eigenvalue weighted by molar-refractivity contribution is 5.98.